The van der Waals surface area contributed by atoms with Crippen molar-refractivity contribution in [2.75, 3.05) is 27.2 Å². The van der Waals surface area contributed by atoms with E-state index in [1.807, 2.05) is 26.2 Å². The van der Waals surface area contributed by atoms with Gasteiger partial charge in [-0.15, -0.1) is 0 Å². The Hall–Kier alpha value is -0.950. The molecule has 0 amide bonds. The van der Waals surface area contributed by atoms with Gasteiger partial charge < -0.3 is 10.2 Å². The van der Waals surface area contributed by atoms with Crippen molar-refractivity contribution < 1.29 is 8.42 Å². The van der Waals surface area contributed by atoms with Gasteiger partial charge in [0.1, 0.15) is 0 Å². The standard InChI is InChI=1S/C13H21N3O2S/c1-14-9-11-5-3-4-6-13(11)19(17,18)15-12-7-8-16(2)10-12/h3-6,12,14-15H,7-10H2,1-2H3. The largest absolute Gasteiger partial charge is 0.316 e. The van der Waals surface area contributed by atoms with Gasteiger partial charge in [-0.2, -0.15) is 0 Å². The van der Waals surface area contributed by atoms with Gasteiger partial charge in [-0.25, -0.2) is 13.1 Å². The van der Waals surface area contributed by atoms with Crippen LogP contribution in [-0.4, -0.2) is 46.5 Å². The van der Waals surface area contributed by atoms with Crippen molar-refractivity contribution in [1.29, 1.82) is 0 Å². The lowest BCUT2D eigenvalue weighted by molar-refractivity contribution is 0.407. The van der Waals surface area contributed by atoms with Crippen LogP contribution in [0.1, 0.15) is 12.0 Å². The molecular weight excluding hydrogens is 262 g/mol. The van der Waals surface area contributed by atoms with Crippen LogP contribution in [0.5, 0.6) is 0 Å². The summed E-state index contributed by atoms with van der Waals surface area (Å²) >= 11 is 0. The number of rotatable bonds is 5. The molecule has 6 heteroatoms. The van der Waals surface area contributed by atoms with Crippen LogP contribution >= 0.6 is 0 Å². The van der Waals surface area contributed by atoms with Gasteiger partial charge in [0.15, 0.2) is 0 Å². The van der Waals surface area contributed by atoms with Gasteiger partial charge in [-0.1, -0.05) is 18.2 Å². The van der Waals surface area contributed by atoms with Gasteiger partial charge in [0.2, 0.25) is 10.0 Å². The molecular formula is C13H21N3O2S. The van der Waals surface area contributed by atoms with Crippen molar-refractivity contribution >= 4 is 10.0 Å². The van der Waals surface area contributed by atoms with Gasteiger partial charge in [-0.3, -0.25) is 0 Å². The van der Waals surface area contributed by atoms with Gasteiger partial charge >= 0.3 is 0 Å². The zero-order valence-electron chi connectivity index (χ0n) is 11.4. The van der Waals surface area contributed by atoms with E-state index in [2.05, 4.69) is 14.9 Å². The van der Waals surface area contributed by atoms with Crippen LogP contribution < -0.4 is 10.0 Å². The molecule has 0 bridgehead atoms. The zero-order chi connectivity index (χ0) is 13.9. The molecule has 1 heterocycles. The Morgan fingerprint density at radius 1 is 1.37 bits per heavy atom. The normalized spacial score (nSPS) is 20.8. The molecule has 0 saturated carbocycles. The summed E-state index contributed by atoms with van der Waals surface area (Å²) in [6, 6.07) is 7.13. The number of hydrogen-bond acceptors (Lipinski definition) is 4. The maximum absolute atomic E-state index is 12.4. The molecule has 1 aromatic carbocycles. The van der Waals surface area contributed by atoms with Gasteiger partial charge in [0, 0.05) is 19.1 Å². The Labute approximate surface area is 115 Å². The van der Waals surface area contributed by atoms with E-state index < -0.39 is 10.0 Å². The summed E-state index contributed by atoms with van der Waals surface area (Å²) in [6.07, 6.45) is 0.865. The molecule has 1 aromatic rings. The van der Waals surface area contributed by atoms with E-state index in [4.69, 9.17) is 0 Å². The third-order valence-electron chi connectivity index (χ3n) is 3.34. The molecule has 2 rings (SSSR count). The van der Waals surface area contributed by atoms with Crippen LogP contribution in [0.2, 0.25) is 0 Å². The molecule has 1 saturated heterocycles. The second-order valence-electron chi connectivity index (χ2n) is 5.01. The van der Waals surface area contributed by atoms with E-state index in [0.717, 1.165) is 25.1 Å². The second kappa shape index (κ2) is 6.00. The molecule has 0 radical (unpaired) electrons. The van der Waals surface area contributed by atoms with Crippen LogP contribution in [0.3, 0.4) is 0 Å². The summed E-state index contributed by atoms with van der Waals surface area (Å²) in [6.45, 7) is 2.25. The first-order valence-electron chi connectivity index (χ1n) is 6.46. The number of nitrogens with one attached hydrogen (secondary N) is 2. The Kier molecular flexibility index (Phi) is 4.57. The number of likely N-dealkylation sites (tertiary alicyclic amines) is 1. The molecule has 2 N–H and O–H groups in total. The third kappa shape index (κ3) is 3.54. The predicted octanol–water partition coefficient (Wildman–Crippen LogP) is 0.388. The average Bonchev–Trinajstić information content (AvgIpc) is 2.75. The van der Waals surface area contributed by atoms with Crippen molar-refractivity contribution in [3.8, 4) is 0 Å². The van der Waals surface area contributed by atoms with Crippen molar-refractivity contribution in [3.63, 3.8) is 0 Å². The van der Waals surface area contributed by atoms with Crippen LogP contribution in [-0.2, 0) is 16.6 Å². The van der Waals surface area contributed by atoms with Crippen molar-refractivity contribution in [3.05, 3.63) is 29.8 Å². The number of benzene rings is 1. The van der Waals surface area contributed by atoms with Crippen molar-refractivity contribution in [2.45, 2.75) is 23.9 Å². The number of hydrogen-bond donors (Lipinski definition) is 2. The van der Waals surface area contributed by atoms with E-state index in [0.29, 0.717) is 11.4 Å². The minimum atomic E-state index is -3.44. The molecule has 19 heavy (non-hydrogen) atoms. The summed E-state index contributed by atoms with van der Waals surface area (Å²) in [7, 11) is 0.375. The number of likely N-dealkylation sites (N-methyl/N-ethyl adjacent to an activating group) is 1. The van der Waals surface area contributed by atoms with Crippen molar-refractivity contribution in [1.82, 2.24) is 14.9 Å². The predicted molar refractivity (Wildman–Crippen MR) is 75.4 cm³/mol. The van der Waals surface area contributed by atoms with Gasteiger partial charge in [0.05, 0.1) is 4.90 Å². The Morgan fingerprint density at radius 2 is 2.11 bits per heavy atom. The van der Waals surface area contributed by atoms with E-state index in [-0.39, 0.29) is 6.04 Å². The second-order valence-corrected chi connectivity index (χ2v) is 6.69. The van der Waals surface area contributed by atoms with Crippen LogP contribution in [0.15, 0.2) is 29.2 Å². The van der Waals surface area contributed by atoms with Crippen LogP contribution in [0.4, 0.5) is 0 Å². The highest BCUT2D eigenvalue weighted by atomic mass is 32.2. The molecule has 1 atom stereocenters. The Balaban J connectivity index is 2.19. The summed E-state index contributed by atoms with van der Waals surface area (Å²) in [5, 5.41) is 3.00. The monoisotopic (exact) mass is 283 g/mol. The summed E-state index contributed by atoms with van der Waals surface area (Å²) < 4.78 is 27.7. The first-order valence-corrected chi connectivity index (χ1v) is 7.94. The molecule has 0 aliphatic carbocycles. The van der Waals surface area contributed by atoms with Crippen LogP contribution in [0.25, 0.3) is 0 Å². The van der Waals surface area contributed by atoms with Crippen molar-refractivity contribution in [2.24, 2.45) is 0 Å². The average molecular weight is 283 g/mol. The molecule has 0 aromatic heterocycles. The lowest BCUT2D eigenvalue weighted by Gasteiger charge is -2.15. The minimum absolute atomic E-state index is 0.0117. The van der Waals surface area contributed by atoms with Crippen LogP contribution in [0, 0.1) is 0 Å². The SMILES string of the molecule is CNCc1ccccc1S(=O)(=O)NC1CCN(C)C1. The molecule has 1 aliphatic rings. The summed E-state index contributed by atoms with van der Waals surface area (Å²) in [5.74, 6) is 0. The van der Waals surface area contributed by atoms with Gasteiger partial charge in [0.25, 0.3) is 0 Å². The number of sulfonamides is 1. The summed E-state index contributed by atoms with van der Waals surface area (Å²) in [5.41, 5.74) is 0.795. The summed E-state index contributed by atoms with van der Waals surface area (Å²) in [4.78, 5) is 2.51. The molecule has 1 aliphatic heterocycles. The highest BCUT2D eigenvalue weighted by Gasteiger charge is 2.26. The maximum atomic E-state index is 12.4. The fourth-order valence-electron chi connectivity index (χ4n) is 2.42. The molecule has 5 nitrogen and oxygen atoms in total. The van der Waals surface area contributed by atoms with E-state index >= 15 is 0 Å². The lowest BCUT2D eigenvalue weighted by Crippen LogP contribution is -2.37. The lowest BCUT2D eigenvalue weighted by atomic mass is 10.2. The van der Waals surface area contributed by atoms with Gasteiger partial charge in [-0.05, 0) is 38.7 Å². The topological polar surface area (TPSA) is 61.4 Å². The number of nitrogens with zero attached hydrogens (tertiary/aromatic N) is 1. The molecule has 0 spiro atoms. The molecule has 1 unspecified atom stereocenters. The highest BCUT2D eigenvalue weighted by Crippen LogP contribution is 2.17. The smallest absolute Gasteiger partial charge is 0.241 e. The fraction of sp³-hybridized carbons (Fsp3) is 0.538. The zero-order valence-corrected chi connectivity index (χ0v) is 12.2. The van der Waals surface area contributed by atoms with E-state index in [1.165, 1.54) is 0 Å². The Bertz CT molecular complexity index is 530. The first-order chi connectivity index (χ1) is 9.03. The quantitative estimate of drug-likeness (QED) is 0.820. The molecule has 106 valence electrons. The van der Waals surface area contributed by atoms with E-state index in [9.17, 15) is 8.42 Å². The molecule has 1 fully saturated rings. The highest BCUT2D eigenvalue weighted by molar-refractivity contribution is 7.89. The minimum Gasteiger partial charge on any atom is -0.316 e. The fourth-order valence-corrected chi connectivity index (χ4v) is 3.92. The van der Waals surface area contributed by atoms with E-state index in [1.54, 1.807) is 12.1 Å². The third-order valence-corrected chi connectivity index (χ3v) is 4.96. The first kappa shape index (κ1) is 14.5. The Morgan fingerprint density at radius 3 is 2.74 bits per heavy atom. The maximum Gasteiger partial charge on any atom is 0.241 e.